The number of hydrogen-bond donors (Lipinski definition) is 1. The highest BCUT2D eigenvalue weighted by Crippen LogP contribution is 2.14. The summed E-state index contributed by atoms with van der Waals surface area (Å²) < 4.78 is 4.44. The second-order valence-electron chi connectivity index (χ2n) is 1.68. The summed E-state index contributed by atoms with van der Waals surface area (Å²) >= 11 is 0. The first-order chi connectivity index (χ1) is 3.79. The van der Waals surface area contributed by atoms with Gasteiger partial charge in [-0.3, -0.25) is 0 Å². The molecule has 0 saturated carbocycles. The van der Waals surface area contributed by atoms with Crippen molar-refractivity contribution >= 4 is 6.09 Å². The normalized spacial score (nSPS) is 16.0. The number of ether oxygens (including phenoxy) is 1. The van der Waals surface area contributed by atoms with Gasteiger partial charge in [-0.2, -0.15) is 0 Å². The Kier molecular flexibility index (Phi) is 1.20. The van der Waals surface area contributed by atoms with Gasteiger partial charge in [0.05, 0.1) is 0 Å². The fraction of sp³-hybridized carbons (Fsp3) is 0.400. The van der Waals surface area contributed by atoms with Crippen molar-refractivity contribution in [1.29, 1.82) is 0 Å². The highest BCUT2D eigenvalue weighted by Gasteiger charge is 2.11. The zero-order chi connectivity index (χ0) is 5.98. The molecule has 2 N–H and O–H groups in total. The largest absolute Gasteiger partial charge is 0.449 e. The van der Waals surface area contributed by atoms with E-state index in [2.05, 4.69) is 10.5 Å². The van der Waals surface area contributed by atoms with Crippen molar-refractivity contribution < 1.29 is 9.53 Å². The molecule has 3 heteroatoms. The van der Waals surface area contributed by atoms with Crippen LogP contribution in [0.4, 0.5) is 4.79 Å². The molecule has 0 unspecified atom stereocenters. The van der Waals surface area contributed by atoms with E-state index in [0.29, 0.717) is 12.5 Å². The van der Waals surface area contributed by atoms with Crippen LogP contribution in [0.2, 0.25) is 0 Å². The summed E-state index contributed by atoms with van der Waals surface area (Å²) in [6.45, 7) is 0.412. The molecule has 0 spiro atoms. The van der Waals surface area contributed by atoms with Crippen LogP contribution in [-0.2, 0) is 4.74 Å². The first-order valence-electron chi connectivity index (χ1n) is 2.39. The fourth-order valence-corrected chi connectivity index (χ4v) is 0.368. The highest BCUT2D eigenvalue weighted by molar-refractivity contribution is 5.64. The molecule has 3 nitrogen and oxygen atoms in total. The van der Waals surface area contributed by atoms with Gasteiger partial charge in [0.15, 0.2) is 0 Å². The molecule has 0 heterocycles. The minimum Gasteiger partial charge on any atom is -0.449 e. The van der Waals surface area contributed by atoms with Crippen LogP contribution in [0.1, 0.15) is 0 Å². The Balaban J connectivity index is 1.96. The van der Waals surface area contributed by atoms with E-state index in [1.54, 1.807) is 0 Å². The molecule has 0 atom stereocenters. The molecule has 44 valence electrons. The molecular formula is C5H7NO2. The van der Waals surface area contributed by atoms with Gasteiger partial charge < -0.3 is 10.5 Å². The lowest BCUT2D eigenvalue weighted by Gasteiger charge is -1.95. The van der Waals surface area contributed by atoms with Crippen molar-refractivity contribution in [1.82, 2.24) is 0 Å². The molecule has 0 fully saturated rings. The zero-order valence-corrected chi connectivity index (χ0v) is 4.33. The van der Waals surface area contributed by atoms with Crippen LogP contribution in [0.3, 0.4) is 0 Å². The molecule has 1 aliphatic carbocycles. The van der Waals surface area contributed by atoms with E-state index >= 15 is 0 Å². The molecule has 8 heavy (non-hydrogen) atoms. The van der Waals surface area contributed by atoms with Gasteiger partial charge in [0.1, 0.15) is 6.61 Å². The highest BCUT2D eigenvalue weighted by atomic mass is 16.5. The Morgan fingerprint density at radius 2 is 2.38 bits per heavy atom. The Morgan fingerprint density at radius 3 is 2.75 bits per heavy atom. The molecule has 0 aromatic rings. The van der Waals surface area contributed by atoms with Crippen LogP contribution in [0.25, 0.3) is 0 Å². The molecule has 0 aliphatic heterocycles. The third-order valence-electron chi connectivity index (χ3n) is 0.883. The van der Waals surface area contributed by atoms with E-state index < -0.39 is 6.09 Å². The summed E-state index contributed by atoms with van der Waals surface area (Å²) in [6.07, 6.45) is 3.20. The molecule has 1 amide bonds. The molecule has 0 bridgehead atoms. The van der Waals surface area contributed by atoms with Gasteiger partial charge >= 0.3 is 6.09 Å². The Bertz CT molecular complexity index is 124. The standard InChI is InChI=1S/C5H7NO2/c6-5(7)8-3-4-1-2-4/h1-2,4H,3H2,(H2,6,7). The van der Waals surface area contributed by atoms with Gasteiger partial charge in [-0.15, -0.1) is 0 Å². The lowest BCUT2D eigenvalue weighted by atomic mass is 10.4. The zero-order valence-electron chi connectivity index (χ0n) is 4.33. The first-order valence-corrected chi connectivity index (χ1v) is 2.39. The Hall–Kier alpha value is -0.990. The maximum atomic E-state index is 9.90. The monoisotopic (exact) mass is 113 g/mol. The third-order valence-corrected chi connectivity index (χ3v) is 0.883. The second kappa shape index (κ2) is 1.86. The summed E-state index contributed by atoms with van der Waals surface area (Å²) in [7, 11) is 0. The summed E-state index contributed by atoms with van der Waals surface area (Å²) in [5.74, 6) is 0.363. The fourth-order valence-electron chi connectivity index (χ4n) is 0.368. The van der Waals surface area contributed by atoms with E-state index in [9.17, 15) is 4.79 Å². The van der Waals surface area contributed by atoms with Crippen molar-refractivity contribution in [3.05, 3.63) is 12.2 Å². The van der Waals surface area contributed by atoms with Crippen molar-refractivity contribution in [2.24, 2.45) is 11.7 Å². The summed E-state index contributed by atoms with van der Waals surface area (Å²) in [6, 6.07) is 0. The molecule has 1 rings (SSSR count). The van der Waals surface area contributed by atoms with E-state index in [1.165, 1.54) is 0 Å². The number of amides is 1. The van der Waals surface area contributed by atoms with Crippen molar-refractivity contribution in [2.45, 2.75) is 0 Å². The van der Waals surface area contributed by atoms with Crippen LogP contribution in [0, 0.1) is 5.92 Å². The predicted octanol–water partition coefficient (Wildman–Crippen LogP) is 0.268. The Labute approximate surface area is 47.1 Å². The van der Waals surface area contributed by atoms with Crippen LogP contribution in [0.5, 0.6) is 0 Å². The number of nitrogens with two attached hydrogens (primary N) is 1. The second-order valence-corrected chi connectivity index (χ2v) is 1.68. The van der Waals surface area contributed by atoms with E-state index in [4.69, 9.17) is 0 Å². The average molecular weight is 113 g/mol. The minimum atomic E-state index is -0.696. The quantitative estimate of drug-likeness (QED) is 0.522. The van der Waals surface area contributed by atoms with Crippen molar-refractivity contribution in [3.63, 3.8) is 0 Å². The number of carbonyl (C=O) groups excluding carboxylic acids is 1. The molecule has 0 aromatic heterocycles. The lowest BCUT2D eigenvalue weighted by molar-refractivity contribution is 0.154. The molecule has 1 aliphatic rings. The van der Waals surface area contributed by atoms with Gasteiger partial charge in [0.2, 0.25) is 0 Å². The topological polar surface area (TPSA) is 52.3 Å². The SMILES string of the molecule is NC(=O)OCC1C=C1. The molecule has 0 saturated heterocycles. The van der Waals surface area contributed by atoms with Crippen molar-refractivity contribution in [3.8, 4) is 0 Å². The van der Waals surface area contributed by atoms with Crippen LogP contribution in [-0.4, -0.2) is 12.7 Å². The van der Waals surface area contributed by atoms with Gasteiger partial charge in [-0.1, -0.05) is 12.2 Å². The van der Waals surface area contributed by atoms with Crippen molar-refractivity contribution in [2.75, 3.05) is 6.61 Å². The third kappa shape index (κ3) is 1.64. The maximum absolute atomic E-state index is 9.90. The van der Waals surface area contributed by atoms with E-state index in [-0.39, 0.29) is 0 Å². The number of carbonyl (C=O) groups is 1. The first kappa shape index (κ1) is 5.15. The summed E-state index contributed by atoms with van der Waals surface area (Å²) in [4.78, 5) is 9.90. The van der Waals surface area contributed by atoms with Gasteiger partial charge in [-0.25, -0.2) is 4.79 Å². The van der Waals surface area contributed by atoms with Gasteiger partial charge in [0, 0.05) is 5.92 Å². The summed E-state index contributed by atoms with van der Waals surface area (Å²) in [5.41, 5.74) is 4.68. The number of primary amides is 1. The Morgan fingerprint density at radius 1 is 1.75 bits per heavy atom. The smallest absolute Gasteiger partial charge is 0.404 e. The van der Waals surface area contributed by atoms with E-state index in [0.717, 1.165) is 0 Å². The number of hydrogen-bond acceptors (Lipinski definition) is 2. The number of rotatable bonds is 2. The van der Waals surface area contributed by atoms with Crippen LogP contribution >= 0.6 is 0 Å². The summed E-state index contributed by atoms with van der Waals surface area (Å²) in [5, 5.41) is 0. The van der Waals surface area contributed by atoms with Crippen LogP contribution in [0.15, 0.2) is 12.2 Å². The lowest BCUT2D eigenvalue weighted by Crippen LogP contribution is -2.14. The average Bonchev–Trinajstić information content (AvgIpc) is 2.41. The maximum Gasteiger partial charge on any atom is 0.404 e. The van der Waals surface area contributed by atoms with Crippen LogP contribution < -0.4 is 5.73 Å². The van der Waals surface area contributed by atoms with Gasteiger partial charge in [-0.05, 0) is 0 Å². The molecule has 0 aromatic carbocycles. The molecular weight excluding hydrogens is 106 g/mol. The van der Waals surface area contributed by atoms with Gasteiger partial charge in [0.25, 0.3) is 0 Å². The molecule has 0 radical (unpaired) electrons. The van der Waals surface area contributed by atoms with E-state index in [1.807, 2.05) is 12.2 Å². The predicted molar refractivity (Wildman–Crippen MR) is 28.2 cm³/mol. The minimum absolute atomic E-state index is 0.363.